The third-order valence-electron chi connectivity index (χ3n) is 4.32. The number of hydrazine groups is 2. The first kappa shape index (κ1) is 17.1. The van der Waals surface area contributed by atoms with Crippen LogP contribution in [0.25, 0.3) is 0 Å². The van der Waals surface area contributed by atoms with E-state index in [9.17, 15) is 9.18 Å². The summed E-state index contributed by atoms with van der Waals surface area (Å²) in [6.07, 6.45) is 0.906. The normalized spacial score (nSPS) is 21.9. The number of nitrogens with one attached hydrogen (secondary N) is 3. The number of piperazine rings is 1. The highest BCUT2D eigenvalue weighted by molar-refractivity contribution is 5.82. The Morgan fingerprint density at radius 2 is 1.96 bits per heavy atom. The van der Waals surface area contributed by atoms with Gasteiger partial charge in [-0.05, 0) is 30.7 Å². The molecule has 1 atom stereocenters. The number of carbonyl (C=O) groups excluding carboxylic acids is 1. The molecule has 7 nitrogen and oxygen atoms in total. The summed E-state index contributed by atoms with van der Waals surface area (Å²) in [6.45, 7) is 5.44. The van der Waals surface area contributed by atoms with Crippen LogP contribution in [0.2, 0.25) is 0 Å². The van der Waals surface area contributed by atoms with Crippen molar-refractivity contribution in [1.82, 2.24) is 26.2 Å². The molecule has 0 aromatic heterocycles. The van der Waals surface area contributed by atoms with Crippen LogP contribution in [0.1, 0.15) is 6.42 Å². The summed E-state index contributed by atoms with van der Waals surface area (Å²) in [7, 11) is 0. The van der Waals surface area contributed by atoms with Crippen LogP contribution in [-0.4, -0.2) is 67.6 Å². The molecule has 3 N–H and O–H groups in total. The Balaban J connectivity index is 1.31. The molecule has 0 saturated carbocycles. The number of hydrogen-bond donors (Lipinski definition) is 3. The zero-order valence-electron chi connectivity index (χ0n) is 13.6. The first-order valence-corrected chi connectivity index (χ1v) is 8.35. The summed E-state index contributed by atoms with van der Waals surface area (Å²) in [5, 5.41) is 0. The SMILES string of the molecule is O=C(C1CNNN1)N1CCN(CCCOc2ccc(F)cc2)CC1. The first-order chi connectivity index (χ1) is 11.7. The zero-order chi connectivity index (χ0) is 16.8. The lowest BCUT2D eigenvalue weighted by Crippen LogP contribution is -2.54. The van der Waals surface area contributed by atoms with Crippen LogP contribution in [0.3, 0.4) is 0 Å². The fourth-order valence-electron chi connectivity index (χ4n) is 2.91. The summed E-state index contributed by atoms with van der Waals surface area (Å²) in [5.74, 6) is 0.582. The molecular weight excluding hydrogens is 313 g/mol. The lowest BCUT2D eigenvalue weighted by Gasteiger charge is -2.35. The van der Waals surface area contributed by atoms with Gasteiger partial charge in [-0.1, -0.05) is 0 Å². The Hall–Kier alpha value is -1.74. The van der Waals surface area contributed by atoms with E-state index in [-0.39, 0.29) is 17.8 Å². The van der Waals surface area contributed by atoms with Crippen LogP contribution >= 0.6 is 0 Å². The summed E-state index contributed by atoms with van der Waals surface area (Å²) in [5.41, 5.74) is 8.58. The highest BCUT2D eigenvalue weighted by atomic mass is 19.1. The van der Waals surface area contributed by atoms with Gasteiger partial charge in [-0.2, -0.15) is 5.53 Å². The second kappa shape index (κ2) is 8.39. The summed E-state index contributed by atoms with van der Waals surface area (Å²) < 4.78 is 18.4. The maximum absolute atomic E-state index is 12.8. The number of hydrogen-bond acceptors (Lipinski definition) is 6. The minimum absolute atomic E-state index is 0.145. The Bertz CT molecular complexity index is 528. The highest BCUT2D eigenvalue weighted by Crippen LogP contribution is 2.11. The predicted molar refractivity (Wildman–Crippen MR) is 87.6 cm³/mol. The Morgan fingerprint density at radius 1 is 1.21 bits per heavy atom. The monoisotopic (exact) mass is 337 g/mol. The van der Waals surface area contributed by atoms with Crippen LogP contribution in [0.5, 0.6) is 5.75 Å². The third kappa shape index (κ3) is 4.64. The molecule has 2 fully saturated rings. The van der Waals surface area contributed by atoms with Crippen molar-refractivity contribution in [2.24, 2.45) is 0 Å². The number of amides is 1. The fourth-order valence-corrected chi connectivity index (χ4v) is 2.91. The molecule has 3 rings (SSSR count). The standard InChI is InChI=1S/C16H24FN5O2/c17-13-2-4-14(5-3-13)24-11-1-6-21-7-9-22(10-8-21)16(23)15-12-18-20-19-15/h2-5,15,18-20H,1,6-12H2. The third-order valence-corrected chi connectivity index (χ3v) is 4.32. The quantitative estimate of drug-likeness (QED) is 0.621. The lowest BCUT2D eigenvalue weighted by molar-refractivity contribution is -0.134. The van der Waals surface area contributed by atoms with E-state index >= 15 is 0 Å². The predicted octanol–water partition coefficient (Wildman–Crippen LogP) is -0.280. The van der Waals surface area contributed by atoms with Crippen molar-refractivity contribution in [3.63, 3.8) is 0 Å². The highest BCUT2D eigenvalue weighted by Gasteiger charge is 2.29. The number of halogens is 1. The molecule has 1 aromatic carbocycles. The van der Waals surface area contributed by atoms with Gasteiger partial charge in [0.05, 0.1) is 6.61 Å². The van der Waals surface area contributed by atoms with Gasteiger partial charge >= 0.3 is 0 Å². The van der Waals surface area contributed by atoms with E-state index in [2.05, 4.69) is 21.3 Å². The minimum Gasteiger partial charge on any atom is -0.494 e. The molecule has 2 aliphatic heterocycles. The molecule has 1 amide bonds. The van der Waals surface area contributed by atoms with Gasteiger partial charge in [0, 0.05) is 39.3 Å². The maximum Gasteiger partial charge on any atom is 0.242 e. The van der Waals surface area contributed by atoms with E-state index in [1.54, 1.807) is 12.1 Å². The second-order valence-electron chi connectivity index (χ2n) is 6.03. The smallest absolute Gasteiger partial charge is 0.242 e. The molecule has 0 bridgehead atoms. The molecule has 2 aliphatic rings. The van der Waals surface area contributed by atoms with Gasteiger partial charge in [-0.3, -0.25) is 9.69 Å². The lowest BCUT2D eigenvalue weighted by atomic mass is 10.2. The zero-order valence-corrected chi connectivity index (χ0v) is 13.6. The van der Waals surface area contributed by atoms with Gasteiger partial charge < -0.3 is 9.64 Å². The maximum atomic E-state index is 12.8. The van der Waals surface area contributed by atoms with E-state index in [0.29, 0.717) is 18.9 Å². The van der Waals surface area contributed by atoms with Crippen molar-refractivity contribution in [3.8, 4) is 5.75 Å². The van der Waals surface area contributed by atoms with Gasteiger partial charge in [0.15, 0.2) is 0 Å². The summed E-state index contributed by atoms with van der Waals surface area (Å²) >= 11 is 0. The largest absolute Gasteiger partial charge is 0.494 e. The van der Waals surface area contributed by atoms with Crippen LogP contribution in [-0.2, 0) is 4.79 Å². The Morgan fingerprint density at radius 3 is 2.62 bits per heavy atom. The van der Waals surface area contributed by atoms with Crippen LogP contribution < -0.4 is 21.1 Å². The molecule has 2 saturated heterocycles. The minimum atomic E-state index is -0.255. The van der Waals surface area contributed by atoms with Crippen molar-refractivity contribution in [1.29, 1.82) is 0 Å². The van der Waals surface area contributed by atoms with E-state index in [1.165, 1.54) is 12.1 Å². The van der Waals surface area contributed by atoms with Gasteiger partial charge in [0.25, 0.3) is 0 Å². The molecule has 132 valence electrons. The average molecular weight is 337 g/mol. The summed E-state index contributed by atoms with van der Waals surface area (Å²) in [6, 6.07) is 5.90. The van der Waals surface area contributed by atoms with Crippen LogP contribution in [0, 0.1) is 5.82 Å². The van der Waals surface area contributed by atoms with E-state index in [0.717, 1.165) is 39.1 Å². The molecule has 0 radical (unpaired) electrons. The molecule has 2 heterocycles. The van der Waals surface area contributed by atoms with Gasteiger partial charge in [0.2, 0.25) is 5.91 Å². The molecule has 0 spiro atoms. The van der Waals surface area contributed by atoms with Gasteiger partial charge in [-0.15, -0.1) is 0 Å². The van der Waals surface area contributed by atoms with Crippen LogP contribution in [0.15, 0.2) is 24.3 Å². The van der Waals surface area contributed by atoms with E-state index in [4.69, 9.17) is 4.74 Å². The van der Waals surface area contributed by atoms with Crippen molar-refractivity contribution in [2.45, 2.75) is 12.5 Å². The van der Waals surface area contributed by atoms with Crippen molar-refractivity contribution in [2.75, 3.05) is 45.9 Å². The van der Waals surface area contributed by atoms with Gasteiger partial charge in [0.1, 0.15) is 17.6 Å². The van der Waals surface area contributed by atoms with Gasteiger partial charge in [-0.25, -0.2) is 15.2 Å². The molecular formula is C16H24FN5O2. The first-order valence-electron chi connectivity index (χ1n) is 8.35. The molecule has 0 aliphatic carbocycles. The molecule has 1 aromatic rings. The Labute approximate surface area is 141 Å². The Kier molecular flexibility index (Phi) is 5.97. The topological polar surface area (TPSA) is 68.9 Å². The molecule has 24 heavy (non-hydrogen) atoms. The fraction of sp³-hybridized carbons (Fsp3) is 0.562. The van der Waals surface area contributed by atoms with E-state index in [1.807, 2.05) is 4.90 Å². The number of ether oxygens (including phenoxy) is 1. The van der Waals surface area contributed by atoms with Crippen LogP contribution in [0.4, 0.5) is 4.39 Å². The number of carbonyl (C=O) groups is 1. The van der Waals surface area contributed by atoms with Crippen molar-refractivity contribution < 1.29 is 13.9 Å². The number of nitrogens with zero attached hydrogens (tertiary/aromatic N) is 2. The van der Waals surface area contributed by atoms with E-state index < -0.39 is 0 Å². The van der Waals surface area contributed by atoms with Crippen molar-refractivity contribution >= 4 is 5.91 Å². The summed E-state index contributed by atoms with van der Waals surface area (Å²) in [4.78, 5) is 16.5. The number of rotatable bonds is 6. The van der Waals surface area contributed by atoms with Crippen molar-refractivity contribution in [3.05, 3.63) is 30.1 Å². The molecule has 1 unspecified atom stereocenters. The second-order valence-corrected chi connectivity index (χ2v) is 6.03. The average Bonchev–Trinajstić information content (AvgIpc) is 3.15. The molecule has 8 heteroatoms. The number of benzene rings is 1.